The summed E-state index contributed by atoms with van der Waals surface area (Å²) in [6.07, 6.45) is 0. The first-order chi connectivity index (χ1) is 35.7. The second-order valence-electron chi connectivity index (χ2n) is 16.0. The smallest absolute Gasteiger partial charge is 0.478 e. The van der Waals surface area contributed by atoms with Gasteiger partial charge in [-0.25, -0.2) is 39.8 Å². The molecule has 0 aromatic heterocycles. The number of benzene rings is 6. The van der Waals surface area contributed by atoms with Crippen LogP contribution < -0.4 is 19.6 Å². The number of fused-ring (bicyclic) bond motifs is 8. The Bertz CT molecular complexity index is 3550. The molecular formula is C51H43Cl2F8N3O10S2. The molecule has 13 nitrogen and oxygen atoms in total. The van der Waals surface area contributed by atoms with Crippen LogP contribution >= 0.6 is 23.2 Å². The average molecular weight is 1140 g/mol. The largest absolute Gasteiger partial charge is 0.480 e. The van der Waals surface area contributed by atoms with E-state index in [-0.39, 0.29) is 10.9 Å². The molecule has 25 heteroatoms. The maximum atomic E-state index is 14.2. The number of alkyl halides is 8. The molecular weight excluding hydrogens is 1100 g/mol. The minimum Gasteiger partial charge on any atom is -0.478 e. The molecule has 1 spiro atoms. The van der Waals surface area contributed by atoms with E-state index >= 15 is 0 Å². The molecule has 3 heterocycles. The number of hydrogen-bond acceptors (Lipinski definition) is 10. The molecule has 9 rings (SSSR count). The van der Waals surface area contributed by atoms with Gasteiger partial charge in [0.05, 0.1) is 28.1 Å². The van der Waals surface area contributed by atoms with E-state index in [1.807, 2.05) is 48.5 Å². The number of anilines is 1. The zero-order chi connectivity index (χ0) is 56.1. The number of sulfonamides is 2. The van der Waals surface area contributed by atoms with E-state index in [0.29, 0.717) is 61.6 Å². The van der Waals surface area contributed by atoms with Crippen molar-refractivity contribution in [2.45, 2.75) is 44.3 Å². The van der Waals surface area contributed by atoms with Crippen molar-refractivity contribution >= 4 is 71.8 Å². The number of ether oxygens (including phenoxy) is 2. The third-order valence-electron chi connectivity index (χ3n) is 11.8. The van der Waals surface area contributed by atoms with E-state index in [9.17, 15) is 66.7 Å². The Morgan fingerprint density at radius 1 is 0.684 bits per heavy atom. The Hall–Kier alpha value is -6.79. The Kier molecular flexibility index (Phi) is 17.9. The standard InChI is InChI=1S/2C24H20FNO3.C2F6NO4S2.CH2Cl2/c1-3-26(4-2)16-10-11-19-22(14-16)28-21-12-9-15(25)13-20(21)24(19)18-8-6-5-7-17(18)23(27)29-24;1-3-26(4-2)16-10-11-19-22(14-16)29-21-12-9-15(25)13-20(21)23(19)17-7-5-6-8-18(17)24(27)28;3-1(4,5)14(10,11)9-15(12,13)2(6,7)8;2-1-3/h2*5-14H,3-4H2,1-2H3;;1H2/q;;-1;/p+1. The highest BCUT2D eigenvalue weighted by molar-refractivity contribution is 8.13. The molecule has 0 saturated carbocycles. The third kappa shape index (κ3) is 11.8. The van der Waals surface area contributed by atoms with Crippen molar-refractivity contribution in [2.24, 2.45) is 0 Å². The number of hydrogen-bond donors (Lipinski definition) is 1. The molecule has 76 heavy (non-hydrogen) atoms. The van der Waals surface area contributed by atoms with Crippen LogP contribution in [0.3, 0.4) is 0 Å². The second kappa shape index (κ2) is 23.2. The summed E-state index contributed by atoms with van der Waals surface area (Å²) in [5.74, 6) is -0.534. The van der Waals surface area contributed by atoms with Gasteiger partial charge in [-0.2, -0.15) is 26.3 Å². The van der Waals surface area contributed by atoms with Crippen LogP contribution in [0.25, 0.3) is 37.5 Å². The monoisotopic (exact) mass is 1140 g/mol. The van der Waals surface area contributed by atoms with Crippen molar-refractivity contribution in [3.05, 3.63) is 170 Å². The van der Waals surface area contributed by atoms with Crippen LogP contribution in [0.2, 0.25) is 0 Å². The van der Waals surface area contributed by atoms with E-state index in [0.717, 1.165) is 46.9 Å². The first-order valence-electron chi connectivity index (χ1n) is 22.5. The van der Waals surface area contributed by atoms with Crippen LogP contribution in [0.15, 0.2) is 126 Å². The second-order valence-corrected chi connectivity index (χ2v) is 20.3. The molecule has 0 amide bonds. The van der Waals surface area contributed by atoms with E-state index in [1.165, 1.54) is 24.3 Å². The molecule has 0 radical (unpaired) electrons. The van der Waals surface area contributed by atoms with Crippen molar-refractivity contribution in [3.8, 4) is 33.9 Å². The summed E-state index contributed by atoms with van der Waals surface area (Å²) in [7, 11) is -13.4. The fourth-order valence-corrected chi connectivity index (χ4v) is 10.2. The molecule has 0 fully saturated rings. The summed E-state index contributed by atoms with van der Waals surface area (Å²) in [6.45, 7) is 11.8. The predicted molar refractivity (Wildman–Crippen MR) is 270 cm³/mol. The van der Waals surface area contributed by atoms with Crippen LogP contribution in [-0.2, 0) is 30.4 Å². The Morgan fingerprint density at radius 3 is 1.86 bits per heavy atom. The highest BCUT2D eigenvalue weighted by Gasteiger charge is 2.54. The summed E-state index contributed by atoms with van der Waals surface area (Å²) < 4.78 is 158. The van der Waals surface area contributed by atoms with E-state index in [4.69, 9.17) is 37.1 Å². The van der Waals surface area contributed by atoms with E-state index < -0.39 is 60.2 Å². The van der Waals surface area contributed by atoms with Gasteiger partial charge in [0, 0.05) is 58.5 Å². The van der Waals surface area contributed by atoms with Crippen molar-refractivity contribution < 1.29 is 80.5 Å². The van der Waals surface area contributed by atoms with E-state index in [2.05, 4.69) is 37.2 Å². The van der Waals surface area contributed by atoms with Gasteiger partial charge >= 0.3 is 23.0 Å². The fourth-order valence-electron chi connectivity index (χ4n) is 8.45. The lowest BCUT2D eigenvalue weighted by Crippen LogP contribution is -2.33. The molecule has 1 aliphatic carbocycles. The molecule has 4 aliphatic rings. The SMILES string of the molecule is CCN(CC)c1ccc2c(c1)Oc1ccc(F)cc1C21OC(=O)c2ccccc21.CC[N+](CC)=c1ccc2c(-c3ccccc3C(=O)O)c3cc(F)ccc3oc-2c1.ClCCl.O=S(=O)([N-]S(=O)(=O)C(F)(F)F)C(F)(F)F. The van der Waals surface area contributed by atoms with Gasteiger partial charge in [-0.15, -0.1) is 23.2 Å². The molecule has 1 unspecified atom stereocenters. The minimum absolute atomic E-state index is 0.165. The van der Waals surface area contributed by atoms with Crippen LogP contribution in [-0.4, -0.2) is 76.4 Å². The van der Waals surface area contributed by atoms with Gasteiger partial charge < -0.3 is 28.0 Å². The molecule has 5 aromatic rings. The van der Waals surface area contributed by atoms with Crippen LogP contribution in [0.4, 0.5) is 40.8 Å². The van der Waals surface area contributed by atoms with Gasteiger partial charge in [-0.1, -0.05) is 36.4 Å². The maximum Gasteiger partial charge on any atom is 0.480 e. The summed E-state index contributed by atoms with van der Waals surface area (Å²) in [5.41, 5.74) is -7.61. The molecule has 404 valence electrons. The zero-order valence-electron chi connectivity index (χ0n) is 40.1. The minimum atomic E-state index is -6.72. The fraction of sp³-hybridized carbons (Fsp3) is 0.235. The van der Waals surface area contributed by atoms with Crippen molar-refractivity contribution in [1.29, 1.82) is 0 Å². The molecule has 1 atom stereocenters. The van der Waals surface area contributed by atoms with Crippen molar-refractivity contribution in [1.82, 2.24) is 4.58 Å². The van der Waals surface area contributed by atoms with Gasteiger partial charge in [0.2, 0.25) is 5.36 Å². The topological polar surface area (TPSA) is 175 Å². The Morgan fingerprint density at radius 2 is 1.26 bits per heavy atom. The molecule has 0 saturated heterocycles. The van der Waals surface area contributed by atoms with Gasteiger partial charge in [0.1, 0.15) is 47.6 Å². The summed E-state index contributed by atoms with van der Waals surface area (Å²) in [6, 6.07) is 34.5. The number of esters is 1. The zero-order valence-corrected chi connectivity index (χ0v) is 43.3. The summed E-state index contributed by atoms with van der Waals surface area (Å²) in [5, 5.41) is 11.5. The molecule has 3 aliphatic heterocycles. The number of nitrogens with zero attached hydrogens (tertiary/aromatic N) is 3. The third-order valence-corrected chi connectivity index (χ3v) is 14.5. The molecule has 1 N–H and O–H groups in total. The van der Waals surface area contributed by atoms with Gasteiger partial charge in [0.25, 0.3) is 0 Å². The highest BCUT2D eigenvalue weighted by atomic mass is 35.5. The van der Waals surface area contributed by atoms with Gasteiger partial charge in [-0.3, -0.25) is 0 Å². The van der Waals surface area contributed by atoms with Crippen molar-refractivity contribution in [2.75, 3.05) is 36.4 Å². The molecule has 5 aromatic carbocycles. The number of carboxylic acids is 1. The highest BCUT2D eigenvalue weighted by Crippen LogP contribution is 2.56. The molecule has 0 bridgehead atoms. The number of aromatic carboxylic acids is 1. The first kappa shape index (κ1) is 58.5. The number of halogens is 10. The number of carbonyl (C=O) groups is 2. The Labute approximate surface area is 440 Å². The van der Waals surface area contributed by atoms with Crippen LogP contribution in [0.1, 0.15) is 65.1 Å². The lowest BCUT2D eigenvalue weighted by atomic mass is 9.77. The van der Waals surface area contributed by atoms with Crippen LogP contribution in [0.5, 0.6) is 11.5 Å². The maximum absolute atomic E-state index is 14.2. The lowest BCUT2D eigenvalue weighted by Gasteiger charge is -2.37. The van der Waals surface area contributed by atoms with Crippen molar-refractivity contribution in [3.63, 3.8) is 0 Å². The van der Waals surface area contributed by atoms with Crippen LogP contribution in [0, 0.1) is 11.6 Å². The summed E-state index contributed by atoms with van der Waals surface area (Å²) >= 11 is 9.53. The number of carbonyl (C=O) groups excluding carboxylic acids is 1. The Balaban J connectivity index is 0.000000190. The first-order valence-corrected chi connectivity index (χ1v) is 26.4. The number of rotatable bonds is 9. The quantitative estimate of drug-likeness (QED) is 0.0479. The normalized spacial score (nSPS) is 14.6. The van der Waals surface area contributed by atoms with E-state index in [1.54, 1.807) is 48.5 Å². The predicted octanol–water partition coefficient (Wildman–Crippen LogP) is 12.6. The summed E-state index contributed by atoms with van der Waals surface area (Å²) in [4.78, 5) is 26.8. The average Bonchev–Trinajstić information content (AvgIpc) is 3.66. The van der Waals surface area contributed by atoms with Gasteiger partial charge in [0.15, 0.2) is 25.6 Å². The number of carboxylic acid groups (broad SMARTS) is 1. The van der Waals surface area contributed by atoms with Gasteiger partial charge in [-0.05, 0) is 100.0 Å². The lowest BCUT2D eigenvalue weighted by molar-refractivity contribution is -0.0444.